The third-order valence-corrected chi connectivity index (χ3v) is 1.72. The van der Waals surface area contributed by atoms with E-state index in [4.69, 9.17) is 21.1 Å². The summed E-state index contributed by atoms with van der Waals surface area (Å²) in [6.45, 7) is 0. The predicted octanol–water partition coefficient (Wildman–Crippen LogP) is 1.57. The van der Waals surface area contributed by atoms with Crippen LogP contribution in [0.3, 0.4) is 0 Å². The van der Waals surface area contributed by atoms with E-state index in [1.54, 1.807) is 0 Å². The summed E-state index contributed by atoms with van der Waals surface area (Å²) in [5.74, 6) is -1.65. The number of pyridine rings is 1. The van der Waals surface area contributed by atoms with Gasteiger partial charge in [0.1, 0.15) is 0 Å². The molecule has 2 heterocycles. The fraction of sp³-hybridized carbons (Fsp3) is 0. The van der Waals surface area contributed by atoms with Crippen LogP contribution in [0.25, 0.3) is 11.2 Å². The Labute approximate surface area is 77.0 Å². The van der Waals surface area contributed by atoms with E-state index in [0.29, 0.717) is 5.02 Å². The maximum Gasteiger partial charge on any atom is 0.392 e. The van der Waals surface area contributed by atoms with Crippen LogP contribution in [-0.2, 0) is 0 Å². The smallest absolute Gasteiger partial charge is 0.392 e. The molecule has 0 amide bonds. The molecule has 2 aromatic heterocycles. The Hall–Kier alpha value is -1.62. The topological polar surface area (TPSA) is 76.2 Å². The number of aromatic nitrogens is 2. The molecule has 2 aromatic rings. The monoisotopic (exact) mass is 198 g/mol. The Kier molecular flexibility index (Phi) is 1.66. The molecule has 13 heavy (non-hydrogen) atoms. The highest BCUT2D eigenvalue weighted by atomic mass is 35.5. The lowest BCUT2D eigenvalue weighted by Gasteiger charge is -1.86. The van der Waals surface area contributed by atoms with Gasteiger partial charge in [0.05, 0.1) is 5.02 Å². The van der Waals surface area contributed by atoms with Crippen LogP contribution in [0.15, 0.2) is 16.7 Å². The molecular formula is C7H3ClN2O3. The average molecular weight is 199 g/mol. The Bertz CT molecular complexity index is 480. The number of fused-ring (bicyclic) bond motifs is 1. The van der Waals surface area contributed by atoms with Crippen LogP contribution >= 0.6 is 11.6 Å². The second-order valence-corrected chi connectivity index (χ2v) is 2.68. The summed E-state index contributed by atoms with van der Waals surface area (Å²) in [6, 6.07) is 1.50. The number of nitrogens with zero attached hydrogens (tertiary/aromatic N) is 2. The quantitative estimate of drug-likeness (QED) is 0.753. The van der Waals surface area contributed by atoms with Gasteiger partial charge in [-0.2, -0.15) is 4.98 Å². The fourth-order valence-corrected chi connectivity index (χ4v) is 1.08. The number of carboxylic acids is 1. The first-order valence-electron chi connectivity index (χ1n) is 3.33. The summed E-state index contributed by atoms with van der Waals surface area (Å²) in [5, 5.41) is 8.85. The molecule has 0 atom stereocenters. The molecule has 2 rings (SSSR count). The van der Waals surface area contributed by atoms with E-state index in [0.717, 1.165) is 0 Å². The number of carboxylic acid groups (broad SMARTS) is 1. The first-order chi connectivity index (χ1) is 6.18. The number of halogens is 1. The van der Waals surface area contributed by atoms with Gasteiger partial charge < -0.3 is 9.52 Å². The lowest BCUT2D eigenvalue weighted by Crippen LogP contribution is -1.94. The summed E-state index contributed by atoms with van der Waals surface area (Å²) in [6.07, 6.45) is 1.43. The van der Waals surface area contributed by atoms with Gasteiger partial charge in [-0.1, -0.05) is 11.6 Å². The molecule has 0 saturated carbocycles. The number of oxazole rings is 1. The number of hydrogen-bond donors (Lipinski definition) is 1. The molecule has 0 aliphatic carbocycles. The second-order valence-electron chi connectivity index (χ2n) is 2.27. The third-order valence-electron chi connectivity index (χ3n) is 1.43. The average Bonchev–Trinajstić information content (AvgIpc) is 2.49. The molecule has 0 unspecified atom stereocenters. The standard InChI is InChI=1S/C7H3ClN2O3/c8-3-1-2-9-5-4(3)13-6(10-5)7(11)12/h1-2H,(H,11,12). The van der Waals surface area contributed by atoms with Crippen molar-refractivity contribution in [3.63, 3.8) is 0 Å². The van der Waals surface area contributed by atoms with Gasteiger partial charge in [-0.15, -0.1) is 0 Å². The molecule has 1 N–H and O–H groups in total. The van der Waals surface area contributed by atoms with Crippen molar-refractivity contribution in [1.82, 2.24) is 9.97 Å². The fourth-order valence-electron chi connectivity index (χ4n) is 0.896. The summed E-state index contributed by atoms with van der Waals surface area (Å²) in [7, 11) is 0. The van der Waals surface area contributed by atoms with Crippen molar-refractivity contribution in [1.29, 1.82) is 0 Å². The van der Waals surface area contributed by atoms with Gasteiger partial charge in [-0.3, -0.25) is 0 Å². The zero-order valence-electron chi connectivity index (χ0n) is 6.19. The summed E-state index contributed by atoms with van der Waals surface area (Å²) in [5.41, 5.74) is 0.395. The molecule has 0 fully saturated rings. The molecule has 0 aromatic carbocycles. The highest BCUT2D eigenvalue weighted by molar-refractivity contribution is 6.34. The van der Waals surface area contributed by atoms with Crippen molar-refractivity contribution in [2.45, 2.75) is 0 Å². The number of rotatable bonds is 1. The van der Waals surface area contributed by atoms with E-state index in [2.05, 4.69) is 9.97 Å². The minimum atomic E-state index is -1.24. The Morgan fingerprint density at radius 3 is 3.00 bits per heavy atom. The van der Waals surface area contributed by atoms with Crippen LogP contribution in [-0.4, -0.2) is 21.0 Å². The van der Waals surface area contributed by atoms with Gasteiger partial charge in [-0.25, -0.2) is 9.78 Å². The molecule has 6 heteroatoms. The number of carbonyl (C=O) groups is 1. The van der Waals surface area contributed by atoms with Crippen LogP contribution in [0.1, 0.15) is 10.7 Å². The van der Waals surface area contributed by atoms with Gasteiger partial charge >= 0.3 is 11.9 Å². The van der Waals surface area contributed by atoms with Crippen molar-refractivity contribution < 1.29 is 14.3 Å². The number of hydrogen-bond acceptors (Lipinski definition) is 4. The van der Waals surface area contributed by atoms with Crippen LogP contribution in [0.2, 0.25) is 5.02 Å². The molecule has 0 saturated heterocycles. The van der Waals surface area contributed by atoms with Gasteiger partial charge in [0.25, 0.3) is 0 Å². The summed E-state index contributed by atoms with van der Waals surface area (Å²) < 4.78 is 4.86. The molecule has 0 bridgehead atoms. The highest BCUT2D eigenvalue weighted by Crippen LogP contribution is 2.21. The first-order valence-corrected chi connectivity index (χ1v) is 3.70. The predicted molar refractivity (Wildman–Crippen MR) is 43.8 cm³/mol. The SMILES string of the molecule is O=C(O)c1nc2nccc(Cl)c2o1. The first kappa shape index (κ1) is 8.00. The van der Waals surface area contributed by atoms with Gasteiger partial charge in [0.2, 0.25) is 5.65 Å². The molecule has 0 radical (unpaired) electrons. The van der Waals surface area contributed by atoms with Crippen LogP contribution in [0.5, 0.6) is 0 Å². The zero-order chi connectivity index (χ0) is 9.42. The van der Waals surface area contributed by atoms with Crippen molar-refractivity contribution in [3.05, 3.63) is 23.2 Å². The summed E-state index contributed by atoms with van der Waals surface area (Å²) in [4.78, 5) is 17.9. The van der Waals surface area contributed by atoms with Crippen molar-refractivity contribution in [2.24, 2.45) is 0 Å². The lowest BCUT2D eigenvalue weighted by atomic mass is 10.5. The number of aromatic carboxylic acids is 1. The normalized spacial score (nSPS) is 10.5. The highest BCUT2D eigenvalue weighted by Gasteiger charge is 2.14. The third kappa shape index (κ3) is 1.23. The zero-order valence-corrected chi connectivity index (χ0v) is 6.95. The summed E-state index contributed by atoms with van der Waals surface area (Å²) >= 11 is 5.71. The van der Waals surface area contributed by atoms with Crippen LogP contribution in [0, 0.1) is 0 Å². The van der Waals surface area contributed by atoms with E-state index in [1.807, 2.05) is 0 Å². The van der Waals surface area contributed by atoms with Crippen LogP contribution < -0.4 is 0 Å². The van der Waals surface area contributed by atoms with Gasteiger partial charge in [0.15, 0.2) is 5.58 Å². The van der Waals surface area contributed by atoms with Crippen molar-refractivity contribution in [2.75, 3.05) is 0 Å². The van der Waals surface area contributed by atoms with E-state index in [1.165, 1.54) is 12.3 Å². The molecule has 0 aliphatic heterocycles. The van der Waals surface area contributed by atoms with E-state index >= 15 is 0 Å². The largest absolute Gasteiger partial charge is 0.474 e. The Balaban J connectivity index is 2.75. The Morgan fingerprint density at radius 2 is 2.38 bits per heavy atom. The second kappa shape index (κ2) is 2.70. The maximum absolute atomic E-state index is 10.5. The van der Waals surface area contributed by atoms with Crippen molar-refractivity contribution >= 4 is 28.8 Å². The molecule has 66 valence electrons. The lowest BCUT2D eigenvalue weighted by molar-refractivity contribution is 0.0656. The van der Waals surface area contributed by atoms with E-state index in [9.17, 15) is 4.79 Å². The van der Waals surface area contributed by atoms with Gasteiger partial charge in [-0.05, 0) is 6.07 Å². The minimum absolute atomic E-state index is 0.196. The van der Waals surface area contributed by atoms with Crippen LogP contribution in [0.4, 0.5) is 0 Å². The minimum Gasteiger partial charge on any atom is -0.474 e. The van der Waals surface area contributed by atoms with E-state index in [-0.39, 0.29) is 11.2 Å². The molecule has 0 spiro atoms. The van der Waals surface area contributed by atoms with E-state index < -0.39 is 11.9 Å². The Morgan fingerprint density at radius 1 is 1.62 bits per heavy atom. The van der Waals surface area contributed by atoms with Gasteiger partial charge in [0, 0.05) is 6.20 Å². The molecule has 0 aliphatic rings. The maximum atomic E-state index is 10.5. The molecular weight excluding hydrogens is 196 g/mol. The van der Waals surface area contributed by atoms with Crippen molar-refractivity contribution in [3.8, 4) is 0 Å². The molecule has 5 nitrogen and oxygen atoms in total.